The Hall–Kier alpha value is -1.41. The summed E-state index contributed by atoms with van der Waals surface area (Å²) in [5, 5.41) is 7.27. The summed E-state index contributed by atoms with van der Waals surface area (Å²) >= 11 is 0. The van der Waals surface area contributed by atoms with Gasteiger partial charge in [-0.05, 0) is 6.42 Å². The predicted molar refractivity (Wildman–Crippen MR) is 114 cm³/mol. The highest BCUT2D eigenvalue weighted by molar-refractivity contribution is 14.0. The van der Waals surface area contributed by atoms with E-state index in [0.29, 0.717) is 45.1 Å². The van der Waals surface area contributed by atoms with Gasteiger partial charge >= 0.3 is 0 Å². The first-order valence-electron chi connectivity index (χ1n) is 8.63. The maximum absolute atomic E-state index is 12.5. The smallest absolute Gasteiger partial charge is 0.246 e. The number of amides is 1. The first kappa shape index (κ1) is 21.9. The number of guanidine groups is 1. The summed E-state index contributed by atoms with van der Waals surface area (Å²) in [6.45, 7) is 2.85. The number of nitrogens with zero attached hydrogens (tertiary/aromatic N) is 6. The van der Waals surface area contributed by atoms with Gasteiger partial charge in [-0.25, -0.2) is 12.7 Å². The van der Waals surface area contributed by atoms with Crippen molar-refractivity contribution in [1.29, 1.82) is 0 Å². The summed E-state index contributed by atoms with van der Waals surface area (Å²) in [5.41, 5.74) is 0.791. The number of nitrogens with one attached hydrogen (secondary N) is 1. The Morgan fingerprint density at radius 3 is 2.67 bits per heavy atom. The van der Waals surface area contributed by atoms with Gasteiger partial charge in [-0.1, -0.05) is 0 Å². The van der Waals surface area contributed by atoms with Crippen LogP contribution in [0.1, 0.15) is 6.42 Å². The Balaban J connectivity index is 0.00000261. The molecule has 27 heavy (non-hydrogen) atoms. The number of sulfonamides is 1. The second kappa shape index (κ2) is 9.19. The third kappa shape index (κ3) is 5.10. The molecule has 0 unspecified atom stereocenters. The van der Waals surface area contributed by atoms with Gasteiger partial charge in [0.1, 0.15) is 6.54 Å². The number of anilines is 1. The van der Waals surface area contributed by atoms with Gasteiger partial charge in [-0.3, -0.25) is 14.5 Å². The van der Waals surface area contributed by atoms with Crippen molar-refractivity contribution in [3.05, 3.63) is 12.4 Å². The highest BCUT2D eigenvalue weighted by Crippen LogP contribution is 2.16. The normalized spacial score (nSPS) is 20.7. The van der Waals surface area contributed by atoms with Crippen LogP contribution in [0.2, 0.25) is 0 Å². The summed E-state index contributed by atoms with van der Waals surface area (Å²) in [6.07, 6.45) is 4.18. The number of piperazine rings is 1. The lowest BCUT2D eigenvalue weighted by Crippen LogP contribution is -2.56. The second-order valence-corrected chi connectivity index (χ2v) is 8.47. The Kier molecular flexibility index (Phi) is 7.45. The molecule has 1 aromatic heterocycles. The van der Waals surface area contributed by atoms with Crippen LogP contribution in [0.25, 0.3) is 0 Å². The molecule has 2 aliphatic rings. The number of hydrogen-bond donors (Lipinski definition) is 1. The van der Waals surface area contributed by atoms with Crippen molar-refractivity contribution in [1.82, 2.24) is 24.3 Å². The average Bonchev–Trinajstić information content (AvgIpc) is 3.17. The van der Waals surface area contributed by atoms with Gasteiger partial charge < -0.3 is 15.1 Å². The molecule has 152 valence electrons. The van der Waals surface area contributed by atoms with Crippen LogP contribution in [0.4, 0.5) is 5.69 Å². The van der Waals surface area contributed by atoms with Crippen molar-refractivity contribution in [2.75, 3.05) is 57.0 Å². The number of aryl methyl sites for hydroxylation is 1. The number of hydrogen-bond acceptors (Lipinski definition) is 5. The van der Waals surface area contributed by atoms with Gasteiger partial charge in [-0.2, -0.15) is 5.10 Å². The summed E-state index contributed by atoms with van der Waals surface area (Å²) in [6, 6.07) is 0. The van der Waals surface area contributed by atoms with E-state index in [2.05, 4.69) is 15.4 Å². The zero-order valence-electron chi connectivity index (χ0n) is 15.5. The molecule has 1 amide bonds. The molecule has 0 atom stereocenters. The molecule has 0 spiro atoms. The standard InChI is InChI=1S/C15H25N7O3S.HI/c1-16-15(17-4-6-21-5-3-9-26(21,24)25)20-7-8-22(14(23)12-20)13-10-18-19(2)11-13;/h10-11H,3-9,12H2,1-2H3,(H,16,17);1H. The van der Waals surface area contributed by atoms with Crippen LogP contribution in [0.5, 0.6) is 0 Å². The highest BCUT2D eigenvalue weighted by atomic mass is 127. The summed E-state index contributed by atoms with van der Waals surface area (Å²) < 4.78 is 26.8. The summed E-state index contributed by atoms with van der Waals surface area (Å²) in [5.74, 6) is 0.821. The van der Waals surface area contributed by atoms with E-state index >= 15 is 0 Å². The van der Waals surface area contributed by atoms with E-state index in [0.717, 1.165) is 5.69 Å². The van der Waals surface area contributed by atoms with Crippen molar-refractivity contribution < 1.29 is 13.2 Å². The molecule has 0 saturated carbocycles. The minimum absolute atomic E-state index is 0. The van der Waals surface area contributed by atoms with Gasteiger partial charge in [0.2, 0.25) is 15.9 Å². The minimum atomic E-state index is -3.09. The molecule has 2 aliphatic heterocycles. The van der Waals surface area contributed by atoms with E-state index in [1.165, 1.54) is 4.31 Å². The number of carbonyl (C=O) groups excluding carboxylic acids is 1. The van der Waals surface area contributed by atoms with Crippen LogP contribution in [0, 0.1) is 0 Å². The zero-order valence-corrected chi connectivity index (χ0v) is 18.7. The minimum Gasteiger partial charge on any atom is -0.355 e. The van der Waals surface area contributed by atoms with Crippen LogP contribution in [0.15, 0.2) is 17.4 Å². The van der Waals surface area contributed by atoms with Crippen molar-refractivity contribution in [2.45, 2.75) is 6.42 Å². The van der Waals surface area contributed by atoms with Crippen molar-refractivity contribution in [3.8, 4) is 0 Å². The van der Waals surface area contributed by atoms with E-state index < -0.39 is 10.0 Å². The lowest BCUT2D eigenvalue weighted by atomic mass is 10.3. The Labute approximate surface area is 176 Å². The van der Waals surface area contributed by atoms with Crippen molar-refractivity contribution in [3.63, 3.8) is 0 Å². The molecule has 10 nitrogen and oxygen atoms in total. The van der Waals surface area contributed by atoms with E-state index in [4.69, 9.17) is 0 Å². The predicted octanol–water partition coefficient (Wildman–Crippen LogP) is -0.702. The summed E-state index contributed by atoms with van der Waals surface area (Å²) in [7, 11) is 0.386. The van der Waals surface area contributed by atoms with E-state index in [-0.39, 0.29) is 42.2 Å². The quantitative estimate of drug-likeness (QED) is 0.326. The Bertz CT molecular complexity index is 795. The van der Waals surface area contributed by atoms with Gasteiger partial charge in [0, 0.05) is 53.0 Å². The first-order chi connectivity index (χ1) is 12.4. The molecule has 0 radical (unpaired) electrons. The molecule has 0 aliphatic carbocycles. The number of aromatic nitrogens is 2. The van der Waals surface area contributed by atoms with Gasteiger partial charge in [0.05, 0.1) is 17.6 Å². The first-order valence-corrected chi connectivity index (χ1v) is 10.2. The maximum Gasteiger partial charge on any atom is 0.246 e. The summed E-state index contributed by atoms with van der Waals surface area (Å²) in [4.78, 5) is 20.3. The lowest BCUT2D eigenvalue weighted by Gasteiger charge is -2.35. The fourth-order valence-electron chi connectivity index (χ4n) is 3.24. The molecule has 0 bridgehead atoms. The van der Waals surface area contributed by atoms with Crippen LogP contribution in [0.3, 0.4) is 0 Å². The van der Waals surface area contributed by atoms with Crippen LogP contribution < -0.4 is 10.2 Å². The molecule has 1 N–H and O–H groups in total. The largest absolute Gasteiger partial charge is 0.355 e. The van der Waals surface area contributed by atoms with Gasteiger partial charge in [0.25, 0.3) is 0 Å². The molecule has 12 heteroatoms. The molecular formula is C15H26IN7O3S. The number of carbonyl (C=O) groups is 1. The highest BCUT2D eigenvalue weighted by Gasteiger charge is 2.29. The maximum atomic E-state index is 12.5. The fraction of sp³-hybridized carbons (Fsp3) is 0.667. The van der Waals surface area contributed by atoms with Crippen LogP contribution >= 0.6 is 24.0 Å². The van der Waals surface area contributed by atoms with E-state index in [9.17, 15) is 13.2 Å². The SMILES string of the molecule is CN=C(NCCN1CCCS1(=O)=O)N1CCN(c2cnn(C)c2)C(=O)C1.I. The van der Waals surface area contributed by atoms with Gasteiger partial charge in [-0.15, -0.1) is 24.0 Å². The fourth-order valence-corrected chi connectivity index (χ4v) is 4.77. The third-order valence-corrected chi connectivity index (χ3v) is 6.54. The topological polar surface area (TPSA) is 103 Å². The molecule has 2 fully saturated rings. The van der Waals surface area contributed by atoms with E-state index in [1.54, 1.807) is 22.8 Å². The molecule has 3 heterocycles. The van der Waals surface area contributed by atoms with Gasteiger partial charge in [0.15, 0.2) is 5.96 Å². The second-order valence-electron chi connectivity index (χ2n) is 6.38. The third-order valence-electron chi connectivity index (χ3n) is 4.58. The van der Waals surface area contributed by atoms with Crippen LogP contribution in [-0.4, -0.2) is 91.3 Å². The molecular weight excluding hydrogens is 485 g/mol. The molecule has 2 saturated heterocycles. The molecule has 0 aromatic carbocycles. The average molecular weight is 511 g/mol. The number of halogens is 1. The monoisotopic (exact) mass is 511 g/mol. The number of rotatable bonds is 4. The molecule has 1 aromatic rings. The van der Waals surface area contributed by atoms with Crippen molar-refractivity contribution >= 4 is 51.6 Å². The Morgan fingerprint density at radius 1 is 1.33 bits per heavy atom. The lowest BCUT2D eigenvalue weighted by molar-refractivity contribution is -0.120. The van der Waals surface area contributed by atoms with Crippen molar-refractivity contribution in [2.24, 2.45) is 12.0 Å². The molecule has 3 rings (SSSR count). The van der Waals surface area contributed by atoms with E-state index in [1.807, 2.05) is 18.1 Å². The van der Waals surface area contributed by atoms with Crippen LogP contribution in [-0.2, 0) is 21.9 Å². The zero-order chi connectivity index (χ0) is 18.7. The Morgan fingerprint density at radius 2 is 2.11 bits per heavy atom. The number of aliphatic imine (C=N–C) groups is 1.